The molecule has 0 amide bonds. The number of piperidine rings is 2. The molecule has 2 fully saturated rings. The van der Waals surface area contributed by atoms with Crippen molar-refractivity contribution >= 4 is 22.1 Å². The first kappa shape index (κ1) is 34.4. The number of hydrogen-bond donors (Lipinski definition) is 0. The van der Waals surface area contributed by atoms with Crippen molar-refractivity contribution in [3.8, 4) is 11.5 Å². The number of aryl methyl sites for hydroxylation is 2. The topological polar surface area (TPSA) is 60.6 Å². The molecular formula is C44H52N6O2. The van der Waals surface area contributed by atoms with Gasteiger partial charge in [0.05, 0.1) is 48.2 Å². The Morgan fingerprint density at radius 3 is 1.83 bits per heavy atom. The molecule has 0 unspecified atom stereocenters. The summed E-state index contributed by atoms with van der Waals surface area (Å²) in [5, 5.41) is 0. The van der Waals surface area contributed by atoms with Gasteiger partial charge in [-0.15, -0.1) is 0 Å². The van der Waals surface area contributed by atoms with Crippen LogP contribution in [0.25, 0.3) is 22.1 Å². The molecule has 2 saturated heterocycles. The van der Waals surface area contributed by atoms with Gasteiger partial charge in [-0.2, -0.15) is 0 Å². The SMILES string of the molecule is Cc1ccccc1OCCn1c(CN2CCC(c3cc(OCCn4c(CN5CCCCC5)nc5ccccc54)ccc3C)CC2)nc2ccccc21. The molecule has 2 aromatic heterocycles. The van der Waals surface area contributed by atoms with Gasteiger partial charge in [-0.25, -0.2) is 9.97 Å². The molecule has 0 atom stereocenters. The molecule has 4 heterocycles. The number of para-hydroxylation sites is 5. The first-order valence-electron chi connectivity index (χ1n) is 19.3. The molecule has 0 N–H and O–H groups in total. The molecule has 8 heteroatoms. The molecule has 0 aliphatic carbocycles. The maximum atomic E-state index is 6.47. The minimum Gasteiger partial charge on any atom is -0.492 e. The van der Waals surface area contributed by atoms with E-state index in [0.29, 0.717) is 19.1 Å². The van der Waals surface area contributed by atoms with Crippen molar-refractivity contribution < 1.29 is 9.47 Å². The van der Waals surface area contributed by atoms with Crippen LogP contribution in [0.5, 0.6) is 11.5 Å². The molecule has 0 saturated carbocycles. The Hall–Kier alpha value is -4.66. The van der Waals surface area contributed by atoms with E-state index < -0.39 is 0 Å². The van der Waals surface area contributed by atoms with Gasteiger partial charge in [0, 0.05) is 0 Å². The minimum atomic E-state index is 0.523. The number of aromatic nitrogens is 4. The quantitative estimate of drug-likeness (QED) is 0.121. The van der Waals surface area contributed by atoms with Crippen molar-refractivity contribution in [2.45, 2.75) is 78.0 Å². The van der Waals surface area contributed by atoms with Crippen LogP contribution in [-0.4, -0.2) is 68.3 Å². The molecule has 8 nitrogen and oxygen atoms in total. The molecule has 0 radical (unpaired) electrons. The molecule has 2 aliphatic heterocycles. The highest BCUT2D eigenvalue weighted by Crippen LogP contribution is 2.33. The van der Waals surface area contributed by atoms with Gasteiger partial charge in [0.15, 0.2) is 0 Å². The van der Waals surface area contributed by atoms with Crippen LogP contribution < -0.4 is 9.47 Å². The van der Waals surface area contributed by atoms with Gasteiger partial charge < -0.3 is 18.6 Å². The van der Waals surface area contributed by atoms with Crippen LogP contribution in [-0.2, 0) is 26.2 Å². The fourth-order valence-corrected chi connectivity index (χ4v) is 8.28. The highest BCUT2D eigenvalue weighted by Gasteiger charge is 2.24. The number of benzene rings is 4. The highest BCUT2D eigenvalue weighted by atomic mass is 16.5. The Kier molecular flexibility index (Phi) is 10.5. The van der Waals surface area contributed by atoms with Gasteiger partial charge in [-0.3, -0.25) is 9.80 Å². The van der Waals surface area contributed by atoms with Crippen molar-refractivity contribution in [3.05, 3.63) is 119 Å². The number of rotatable bonds is 13. The molecule has 0 spiro atoms. The summed E-state index contributed by atoms with van der Waals surface area (Å²) in [5.41, 5.74) is 8.43. The van der Waals surface area contributed by atoms with E-state index in [2.05, 4.69) is 112 Å². The van der Waals surface area contributed by atoms with Gasteiger partial charge in [0.2, 0.25) is 0 Å². The van der Waals surface area contributed by atoms with Crippen LogP contribution in [0.2, 0.25) is 0 Å². The van der Waals surface area contributed by atoms with Crippen molar-refractivity contribution in [2.24, 2.45) is 0 Å². The summed E-state index contributed by atoms with van der Waals surface area (Å²) < 4.78 is 17.4. The summed E-state index contributed by atoms with van der Waals surface area (Å²) in [4.78, 5) is 15.3. The third kappa shape index (κ3) is 7.74. The fraction of sp³-hybridized carbons (Fsp3) is 0.409. The maximum absolute atomic E-state index is 6.47. The average molecular weight is 697 g/mol. The zero-order valence-corrected chi connectivity index (χ0v) is 30.8. The number of hydrogen-bond acceptors (Lipinski definition) is 6. The van der Waals surface area contributed by atoms with E-state index in [1.54, 1.807) is 0 Å². The van der Waals surface area contributed by atoms with Crippen LogP contribution in [0.15, 0.2) is 91.0 Å². The first-order chi connectivity index (χ1) is 25.6. The third-order valence-electron chi connectivity index (χ3n) is 11.2. The highest BCUT2D eigenvalue weighted by molar-refractivity contribution is 5.76. The van der Waals surface area contributed by atoms with E-state index in [0.717, 1.165) is 105 Å². The summed E-state index contributed by atoms with van der Waals surface area (Å²) in [6.07, 6.45) is 6.16. The van der Waals surface area contributed by atoms with Crippen LogP contribution in [0.1, 0.15) is 66.4 Å². The second kappa shape index (κ2) is 15.9. The largest absolute Gasteiger partial charge is 0.492 e. The summed E-state index contributed by atoms with van der Waals surface area (Å²) in [6.45, 7) is 13.3. The predicted molar refractivity (Wildman–Crippen MR) is 209 cm³/mol. The standard InChI is InChI=1S/C44H52N6O2/c1-33-18-19-36(51-28-26-49-40-15-7-5-13-38(40)45-43(49)31-47-22-10-3-11-23-47)30-37(33)35-20-24-48(25-21-35)32-44-46-39-14-6-8-16-41(39)50(44)27-29-52-42-17-9-4-12-34(42)2/h4-9,12-19,30,35H,3,10-11,20-29,31-32H2,1-2H3. The number of likely N-dealkylation sites (tertiary alicyclic amines) is 2. The van der Waals surface area contributed by atoms with E-state index >= 15 is 0 Å². The Bertz CT molecular complexity index is 2100. The smallest absolute Gasteiger partial charge is 0.124 e. The van der Waals surface area contributed by atoms with E-state index in [4.69, 9.17) is 19.4 Å². The normalized spacial score (nSPS) is 16.2. The second-order valence-electron chi connectivity index (χ2n) is 14.7. The second-order valence-corrected chi connectivity index (χ2v) is 14.7. The molecule has 52 heavy (non-hydrogen) atoms. The molecule has 6 aromatic rings. The Balaban J connectivity index is 0.889. The van der Waals surface area contributed by atoms with Gasteiger partial charge in [0.1, 0.15) is 36.4 Å². The zero-order valence-electron chi connectivity index (χ0n) is 30.8. The van der Waals surface area contributed by atoms with Gasteiger partial charge in [-0.1, -0.05) is 55.0 Å². The minimum absolute atomic E-state index is 0.523. The lowest BCUT2D eigenvalue weighted by Crippen LogP contribution is -2.33. The molecule has 2 aliphatic rings. The van der Waals surface area contributed by atoms with E-state index in [-0.39, 0.29) is 0 Å². The van der Waals surface area contributed by atoms with Crippen LogP contribution in [0.4, 0.5) is 0 Å². The number of nitrogens with zero attached hydrogens (tertiary/aromatic N) is 6. The van der Waals surface area contributed by atoms with Crippen LogP contribution >= 0.6 is 0 Å². The average Bonchev–Trinajstić information content (AvgIpc) is 3.70. The molecule has 8 rings (SSSR count). The van der Waals surface area contributed by atoms with E-state index in [9.17, 15) is 0 Å². The lowest BCUT2D eigenvalue weighted by atomic mass is 9.86. The summed E-state index contributed by atoms with van der Waals surface area (Å²) in [5.74, 6) is 4.70. The number of imidazole rings is 2. The van der Waals surface area contributed by atoms with E-state index in [1.807, 2.05) is 12.1 Å². The van der Waals surface area contributed by atoms with Gasteiger partial charge in [-0.05, 0) is 131 Å². The molecule has 270 valence electrons. The Labute approximate surface area is 308 Å². The Morgan fingerprint density at radius 2 is 1.17 bits per heavy atom. The van der Waals surface area contributed by atoms with Crippen molar-refractivity contribution in [3.63, 3.8) is 0 Å². The lowest BCUT2D eigenvalue weighted by Gasteiger charge is -2.32. The third-order valence-corrected chi connectivity index (χ3v) is 11.2. The number of fused-ring (bicyclic) bond motifs is 2. The molecular weight excluding hydrogens is 645 g/mol. The number of ether oxygens (including phenoxy) is 2. The monoisotopic (exact) mass is 696 g/mol. The zero-order chi connectivity index (χ0) is 35.3. The van der Waals surface area contributed by atoms with E-state index in [1.165, 1.54) is 41.4 Å². The van der Waals surface area contributed by atoms with Gasteiger partial charge in [0.25, 0.3) is 0 Å². The van der Waals surface area contributed by atoms with Gasteiger partial charge >= 0.3 is 0 Å². The predicted octanol–water partition coefficient (Wildman–Crippen LogP) is 8.53. The van der Waals surface area contributed by atoms with Crippen molar-refractivity contribution in [2.75, 3.05) is 39.4 Å². The van der Waals surface area contributed by atoms with Crippen molar-refractivity contribution in [1.29, 1.82) is 0 Å². The lowest BCUT2D eigenvalue weighted by molar-refractivity contribution is 0.196. The Morgan fingerprint density at radius 1 is 0.596 bits per heavy atom. The molecule has 4 aromatic carbocycles. The van der Waals surface area contributed by atoms with Crippen LogP contribution in [0.3, 0.4) is 0 Å². The molecule has 0 bridgehead atoms. The maximum Gasteiger partial charge on any atom is 0.124 e. The summed E-state index contributed by atoms with van der Waals surface area (Å²) in [7, 11) is 0. The summed E-state index contributed by atoms with van der Waals surface area (Å²) >= 11 is 0. The van der Waals surface area contributed by atoms with Crippen LogP contribution in [0, 0.1) is 13.8 Å². The first-order valence-corrected chi connectivity index (χ1v) is 19.3. The summed E-state index contributed by atoms with van der Waals surface area (Å²) in [6, 6.07) is 31.9. The fourth-order valence-electron chi connectivity index (χ4n) is 8.28. The van der Waals surface area contributed by atoms with Crippen molar-refractivity contribution in [1.82, 2.24) is 28.9 Å².